The molecule has 0 aliphatic carbocycles. The summed E-state index contributed by atoms with van der Waals surface area (Å²) in [6, 6.07) is 19.6. The lowest BCUT2D eigenvalue weighted by Gasteiger charge is -2.35. The predicted octanol–water partition coefficient (Wildman–Crippen LogP) is 5.34. The molecule has 0 spiro atoms. The molecule has 5 nitrogen and oxygen atoms in total. The third-order valence-corrected chi connectivity index (χ3v) is 6.34. The van der Waals surface area contributed by atoms with Gasteiger partial charge < -0.3 is 15.5 Å². The fourth-order valence-electron chi connectivity index (χ4n) is 4.31. The maximum absolute atomic E-state index is 13.0. The van der Waals surface area contributed by atoms with Crippen molar-refractivity contribution in [2.24, 2.45) is 0 Å². The Morgan fingerprint density at radius 1 is 0.917 bits per heavy atom. The number of anilines is 1. The summed E-state index contributed by atoms with van der Waals surface area (Å²) < 4.78 is 38.9. The molecule has 36 heavy (non-hydrogen) atoms. The minimum Gasteiger partial charge on any atom is -0.371 e. The second kappa shape index (κ2) is 10.8. The summed E-state index contributed by atoms with van der Waals surface area (Å²) in [6.45, 7) is 3.29. The number of hydrogen-bond acceptors (Lipinski definition) is 3. The minimum atomic E-state index is -4.43. The van der Waals surface area contributed by atoms with E-state index in [1.165, 1.54) is 6.07 Å². The van der Waals surface area contributed by atoms with Crippen molar-refractivity contribution in [2.45, 2.75) is 38.5 Å². The van der Waals surface area contributed by atoms with E-state index in [2.05, 4.69) is 15.5 Å². The average Bonchev–Trinajstić information content (AvgIpc) is 2.88. The number of hydrogen-bond donors (Lipinski definition) is 2. The van der Waals surface area contributed by atoms with Gasteiger partial charge in [0, 0.05) is 36.9 Å². The van der Waals surface area contributed by atoms with Gasteiger partial charge in [0.05, 0.1) is 11.1 Å². The standard InChI is InChI=1S/C28H28F3N3O2/c1-19-9-11-21(12-10-19)26(35)33-23-13-15-34(16-14-23)25-8-3-2-7-24(25)27(36)32-18-20-5-4-6-22(17-20)28(29,30)31/h2-12,17,23H,13-16,18H2,1H3,(H,32,36)(H,33,35). The Morgan fingerprint density at radius 3 is 2.31 bits per heavy atom. The van der Waals surface area contributed by atoms with Gasteiger partial charge in [0.25, 0.3) is 11.8 Å². The van der Waals surface area contributed by atoms with Gasteiger partial charge in [0.2, 0.25) is 0 Å². The van der Waals surface area contributed by atoms with Gasteiger partial charge in [-0.25, -0.2) is 0 Å². The monoisotopic (exact) mass is 495 g/mol. The number of aryl methyl sites for hydroxylation is 1. The number of piperidine rings is 1. The van der Waals surface area contributed by atoms with E-state index in [1.54, 1.807) is 18.2 Å². The normalized spacial score (nSPS) is 14.4. The molecule has 4 rings (SSSR count). The average molecular weight is 496 g/mol. The van der Waals surface area contributed by atoms with Crippen LogP contribution in [0.15, 0.2) is 72.8 Å². The lowest BCUT2D eigenvalue weighted by Crippen LogP contribution is -2.45. The van der Waals surface area contributed by atoms with Gasteiger partial charge >= 0.3 is 6.18 Å². The molecule has 2 N–H and O–H groups in total. The lowest BCUT2D eigenvalue weighted by atomic mass is 10.0. The third kappa shape index (κ3) is 6.24. The highest BCUT2D eigenvalue weighted by atomic mass is 19.4. The van der Waals surface area contributed by atoms with Crippen LogP contribution >= 0.6 is 0 Å². The maximum atomic E-state index is 13.0. The summed E-state index contributed by atoms with van der Waals surface area (Å²) in [5.74, 6) is -0.444. The third-order valence-electron chi connectivity index (χ3n) is 6.34. The molecule has 8 heteroatoms. The van der Waals surface area contributed by atoms with Crippen molar-refractivity contribution in [3.63, 3.8) is 0 Å². The smallest absolute Gasteiger partial charge is 0.371 e. The van der Waals surface area contributed by atoms with Crippen molar-refractivity contribution in [3.8, 4) is 0 Å². The van der Waals surface area contributed by atoms with E-state index in [0.717, 1.165) is 36.2 Å². The van der Waals surface area contributed by atoms with E-state index in [9.17, 15) is 22.8 Å². The number of amides is 2. The van der Waals surface area contributed by atoms with E-state index < -0.39 is 11.7 Å². The fourth-order valence-corrected chi connectivity index (χ4v) is 4.31. The van der Waals surface area contributed by atoms with Crippen LogP contribution in [0.3, 0.4) is 0 Å². The minimum absolute atomic E-state index is 0.00972. The molecule has 0 saturated carbocycles. The van der Waals surface area contributed by atoms with Crippen molar-refractivity contribution in [3.05, 3.63) is 101 Å². The summed E-state index contributed by atoms with van der Waals surface area (Å²) in [5.41, 5.74) is 2.59. The van der Waals surface area contributed by atoms with E-state index in [4.69, 9.17) is 0 Å². The Morgan fingerprint density at radius 2 is 1.61 bits per heavy atom. The van der Waals surface area contributed by atoms with Crippen LogP contribution in [-0.4, -0.2) is 30.9 Å². The van der Waals surface area contributed by atoms with Crippen LogP contribution in [0.1, 0.15) is 50.2 Å². The number of halogens is 3. The van der Waals surface area contributed by atoms with Crippen LogP contribution in [0, 0.1) is 6.92 Å². The van der Waals surface area contributed by atoms with Crippen molar-refractivity contribution < 1.29 is 22.8 Å². The van der Waals surface area contributed by atoms with Crippen LogP contribution in [-0.2, 0) is 12.7 Å². The quantitative estimate of drug-likeness (QED) is 0.485. The Bertz CT molecular complexity index is 1220. The summed E-state index contributed by atoms with van der Waals surface area (Å²) in [7, 11) is 0. The highest BCUT2D eigenvalue weighted by Gasteiger charge is 2.30. The van der Waals surface area contributed by atoms with Crippen molar-refractivity contribution in [2.75, 3.05) is 18.0 Å². The van der Waals surface area contributed by atoms with E-state index >= 15 is 0 Å². The first-order valence-corrected chi connectivity index (χ1v) is 11.9. The molecule has 3 aromatic rings. The highest BCUT2D eigenvalue weighted by Crippen LogP contribution is 2.29. The number of alkyl halides is 3. The maximum Gasteiger partial charge on any atom is 0.416 e. The van der Waals surface area contributed by atoms with E-state index in [-0.39, 0.29) is 24.4 Å². The van der Waals surface area contributed by atoms with E-state index in [1.807, 2.05) is 43.3 Å². The summed E-state index contributed by atoms with van der Waals surface area (Å²) in [5, 5.41) is 5.83. The Balaban J connectivity index is 1.35. The molecule has 0 bridgehead atoms. The molecule has 188 valence electrons. The highest BCUT2D eigenvalue weighted by molar-refractivity contribution is 5.99. The number of carbonyl (C=O) groups is 2. The summed E-state index contributed by atoms with van der Waals surface area (Å²) >= 11 is 0. The van der Waals surface area contributed by atoms with E-state index in [0.29, 0.717) is 29.8 Å². The molecular formula is C28H28F3N3O2. The van der Waals surface area contributed by atoms with Gasteiger partial charge in [-0.3, -0.25) is 9.59 Å². The van der Waals surface area contributed by atoms with Gasteiger partial charge in [-0.1, -0.05) is 42.0 Å². The zero-order valence-electron chi connectivity index (χ0n) is 19.9. The molecule has 0 radical (unpaired) electrons. The molecule has 1 aliphatic heterocycles. The largest absolute Gasteiger partial charge is 0.416 e. The first-order valence-electron chi connectivity index (χ1n) is 11.9. The molecule has 0 atom stereocenters. The van der Waals surface area contributed by atoms with Gasteiger partial charge in [-0.15, -0.1) is 0 Å². The molecule has 2 amide bonds. The zero-order chi connectivity index (χ0) is 25.7. The van der Waals surface area contributed by atoms with Crippen LogP contribution in [0.4, 0.5) is 18.9 Å². The van der Waals surface area contributed by atoms with Crippen molar-refractivity contribution >= 4 is 17.5 Å². The van der Waals surface area contributed by atoms with Crippen LogP contribution < -0.4 is 15.5 Å². The van der Waals surface area contributed by atoms with Crippen LogP contribution in [0.2, 0.25) is 0 Å². The van der Waals surface area contributed by atoms with Crippen molar-refractivity contribution in [1.82, 2.24) is 10.6 Å². The zero-order valence-corrected chi connectivity index (χ0v) is 19.9. The number of para-hydroxylation sites is 1. The molecule has 1 saturated heterocycles. The van der Waals surface area contributed by atoms with Gasteiger partial charge in [-0.05, 0) is 61.7 Å². The molecule has 0 unspecified atom stereocenters. The molecule has 1 aliphatic rings. The Labute approximate surface area is 208 Å². The number of rotatable bonds is 6. The molecule has 0 aromatic heterocycles. The van der Waals surface area contributed by atoms with Crippen LogP contribution in [0.5, 0.6) is 0 Å². The van der Waals surface area contributed by atoms with Gasteiger partial charge in [-0.2, -0.15) is 13.2 Å². The number of benzene rings is 3. The molecular weight excluding hydrogens is 467 g/mol. The predicted molar refractivity (Wildman–Crippen MR) is 133 cm³/mol. The summed E-state index contributed by atoms with van der Waals surface area (Å²) in [4.78, 5) is 27.6. The number of nitrogens with one attached hydrogen (secondary N) is 2. The lowest BCUT2D eigenvalue weighted by molar-refractivity contribution is -0.137. The topological polar surface area (TPSA) is 61.4 Å². The Hall–Kier alpha value is -3.81. The van der Waals surface area contributed by atoms with Crippen LogP contribution in [0.25, 0.3) is 0 Å². The molecule has 3 aromatic carbocycles. The molecule has 1 fully saturated rings. The fraction of sp³-hybridized carbons (Fsp3) is 0.286. The second-order valence-corrected chi connectivity index (χ2v) is 9.00. The van der Waals surface area contributed by atoms with Gasteiger partial charge in [0.15, 0.2) is 0 Å². The number of carbonyl (C=O) groups excluding carboxylic acids is 2. The summed E-state index contributed by atoms with van der Waals surface area (Å²) in [6.07, 6.45) is -2.96. The second-order valence-electron chi connectivity index (χ2n) is 9.00. The van der Waals surface area contributed by atoms with Crippen molar-refractivity contribution in [1.29, 1.82) is 0 Å². The number of nitrogens with zero attached hydrogens (tertiary/aromatic N) is 1. The first-order chi connectivity index (χ1) is 17.2. The Kier molecular flexibility index (Phi) is 7.62. The SMILES string of the molecule is Cc1ccc(C(=O)NC2CCN(c3ccccc3C(=O)NCc3cccc(C(F)(F)F)c3)CC2)cc1. The van der Waals surface area contributed by atoms with Gasteiger partial charge in [0.1, 0.15) is 0 Å². The molecule has 1 heterocycles. The first kappa shape index (κ1) is 25.3.